The molecule has 6 nitrogen and oxygen atoms in total. The summed E-state index contributed by atoms with van der Waals surface area (Å²) in [6, 6.07) is 5.15. The molecular weight excluding hydrogens is 290 g/mol. The molecule has 8 heteroatoms. The van der Waals surface area contributed by atoms with Crippen LogP contribution in [0.5, 0.6) is 0 Å². The van der Waals surface area contributed by atoms with Crippen LogP contribution >= 0.6 is 7.37 Å². The van der Waals surface area contributed by atoms with Crippen molar-refractivity contribution < 1.29 is 33.9 Å². The zero-order chi connectivity index (χ0) is 15.2. The smallest absolute Gasteiger partial charge is 0.303 e. The standard InChI is InChI=1S/C12H16FO6P/c13-10-3-1-9(2-4-10)7-20(17,18)8-11(19-16)5-6-12(14)15/h1-4,11,16H,5-8H2,(H,14,15)(H,17,18). The molecule has 20 heavy (non-hydrogen) atoms. The summed E-state index contributed by atoms with van der Waals surface area (Å²) in [5, 5.41) is 17.1. The number of carboxylic acids is 1. The first-order valence-electron chi connectivity index (χ1n) is 5.89. The first-order valence-corrected chi connectivity index (χ1v) is 7.93. The van der Waals surface area contributed by atoms with E-state index in [-0.39, 0.29) is 25.2 Å². The van der Waals surface area contributed by atoms with Crippen LogP contribution in [0.3, 0.4) is 0 Å². The second-order valence-corrected chi connectivity index (χ2v) is 6.85. The van der Waals surface area contributed by atoms with Crippen LogP contribution in [0, 0.1) is 5.82 Å². The van der Waals surface area contributed by atoms with Crippen LogP contribution in [-0.2, 0) is 20.4 Å². The van der Waals surface area contributed by atoms with Crippen molar-refractivity contribution in [3.05, 3.63) is 35.6 Å². The summed E-state index contributed by atoms with van der Waals surface area (Å²) in [6.45, 7) is 0. The van der Waals surface area contributed by atoms with Gasteiger partial charge in [0, 0.05) is 12.6 Å². The van der Waals surface area contributed by atoms with Gasteiger partial charge in [0.1, 0.15) is 11.9 Å². The minimum Gasteiger partial charge on any atom is -0.481 e. The highest BCUT2D eigenvalue weighted by Crippen LogP contribution is 2.45. The van der Waals surface area contributed by atoms with Crippen LogP contribution in [0.2, 0.25) is 0 Å². The lowest BCUT2D eigenvalue weighted by Crippen LogP contribution is -2.18. The molecule has 112 valence electrons. The molecule has 0 saturated carbocycles. The van der Waals surface area contributed by atoms with Crippen LogP contribution in [0.4, 0.5) is 4.39 Å². The number of rotatable bonds is 8. The molecule has 0 bridgehead atoms. The molecule has 2 atom stereocenters. The van der Waals surface area contributed by atoms with Crippen LogP contribution in [0.25, 0.3) is 0 Å². The maximum Gasteiger partial charge on any atom is 0.303 e. The van der Waals surface area contributed by atoms with Gasteiger partial charge < -0.3 is 10.00 Å². The lowest BCUT2D eigenvalue weighted by molar-refractivity contribution is -0.274. The Bertz CT molecular complexity index is 489. The van der Waals surface area contributed by atoms with E-state index in [1.54, 1.807) is 0 Å². The van der Waals surface area contributed by atoms with E-state index in [2.05, 4.69) is 4.89 Å². The summed E-state index contributed by atoms with van der Waals surface area (Å²) in [7, 11) is -3.66. The van der Waals surface area contributed by atoms with Gasteiger partial charge in [-0.05, 0) is 24.1 Å². The number of carbonyl (C=O) groups is 1. The SMILES string of the molecule is O=C(O)CCC(CP(=O)(O)Cc1ccc(F)cc1)OO. The third-order valence-electron chi connectivity index (χ3n) is 2.66. The fraction of sp³-hybridized carbons (Fsp3) is 0.417. The number of hydrogen-bond acceptors (Lipinski definition) is 4. The third-order valence-corrected chi connectivity index (χ3v) is 4.50. The van der Waals surface area contributed by atoms with Crippen LogP contribution in [0.15, 0.2) is 24.3 Å². The van der Waals surface area contributed by atoms with Crippen molar-refractivity contribution in [1.29, 1.82) is 0 Å². The molecular formula is C12H16FO6P. The molecule has 0 amide bonds. The molecule has 1 rings (SSSR count). The molecule has 0 aromatic heterocycles. The third kappa shape index (κ3) is 6.25. The highest BCUT2D eigenvalue weighted by atomic mass is 31.2. The number of benzene rings is 1. The Morgan fingerprint density at radius 3 is 2.45 bits per heavy atom. The Labute approximate surface area is 115 Å². The number of halogens is 1. The number of hydrogen-bond donors (Lipinski definition) is 3. The van der Waals surface area contributed by atoms with Gasteiger partial charge in [-0.25, -0.2) is 9.28 Å². The lowest BCUT2D eigenvalue weighted by Gasteiger charge is -2.17. The molecule has 1 aromatic carbocycles. The predicted molar refractivity (Wildman–Crippen MR) is 69.2 cm³/mol. The van der Waals surface area contributed by atoms with Crippen molar-refractivity contribution in [2.75, 3.05) is 6.16 Å². The van der Waals surface area contributed by atoms with Gasteiger partial charge in [0.2, 0.25) is 7.37 Å². The van der Waals surface area contributed by atoms with Gasteiger partial charge in [-0.2, -0.15) is 0 Å². The normalized spacial score (nSPS) is 15.6. The summed E-state index contributed by atoms with van der Waals surface area (Å²) < 4.78 is 24.7. The predicted octanol–water partition coefficient (Wildman–Crippen LogP) is 2.32. The minimum absolute atomic E-state index is 0.0696. The molecule has 0 aliphatic carbocycles. The monoisotopic (exact) mass is 306 g/mol. The zero-order valence-corrected chi connectivity index (χ0v) is 11.5. The van der Waals surface area contributed by atoms with Crippen molar-refractivity contribution in [1.82, 2.24) is 0 Å². The molecule has 0 aliphatic rings. The van der Waals surface area contributed by atoms with Gasteiger partial charge in [-0.3, -0.25) is 14.6 Å². The van der Waals surface area contributed by atoms with Crippen molar-refractivity contribution in [2.24, 2.45) is 0 Å². The summed E-state index contributed by atoms with van der Waals surface area (Å²) >= 11 is 0. The van der Waals surface area contributed by atoms with Gasteiger partial charge in [0.25, 0.3) is 0 Å². The first kappa shape index (κ1) is 16.8. The molecule has 0 spiro atoms. The highest BCUT2D eigenvalue weighted by molar-refractivity contribution is 7.57. The molecule has 0 aliphatic heterocycles. The van der Waals surface area contributed by atoms with Crippen LogP contribution in [-0.4, -0.2) is 33.5 Å². The summed E-state index contributed by atoms with van der Waals surface area (Å²) in [5.74, 6) is -1.53. The van der Waals surface area contributed by atoms with Gasteiger partial charge in [-0.15, -0.1) is 0 Å². The summed E-state index contributed by atoms with van der Waals surface area (Å²) in [5.41, 5.74) is 0.479. The van der Waals surface area contributed by atoms with Crippen molar-refractivity contribution in [2.45, 2.75) is 25.1 Å². The fourth-order valence-electron chi connectivity index (χ4n) is 1.72. The highest BCUT2D eigenvalue weighted by Gasteiger charge is 2.26. The topological polar surface area (TPSA) is 104 Å². The Morgan fingerprint density at radius 2 is 1.95 bits per heavy atom. The van der Waals surface area contributed by atoms with Crippen molar-refractivity contribution >= 4 is 13.3 Å². The van der Waals surface area contributed by atoms with Gasteiger partial charge in [0.15, 0.2) is 0 Å². The summed E-state index contributed by atoms with van der Waals surface area (Å²) in [6.07, 6.45) is -1.93. The molecule has 0 radical (unpaired) electrons. The maximum absolute atomic E-state index is 12.7. The van der Waals surface area contributed by atoms with E-state index >= 15 is 0 Å². The van der Waals surface area contributed by atoms with Gasteiger partial charge in [-0.1, -0.05) is 12.1 Å². The Hall–Kier alpha value is -1.27. The fourth-order valence-corrected chi connectivity index (χ4v) is 3.52. The maximum atomic E-state index is 12.7. The molecule has 0 heterocycles. The van der Waals surface area contributed by atoms with E-state index in [4.69, 9.17) is 10.4 Å². The minimum atomic E-state index is -3.66. The second-order valence-electron chi connectivity index (χ2n) is 4.47. The van der Waals surface area contributed by atoms with Crippen molar-refractivity contribution in [3.8, 4) is 0 Å². The Kier molecular flexibility index (Phi) is 6.29. The second kappa shape index (κ2) is 7.50. The lowest BCUT2D eigenvalue weighted by atomic mass is 10.2. The Morgan fingerprint density at radius 1 is 1.35 bits per heavy atom. The van der Waals surface area contributed by atoms with E-state index < -0.39 is 25.3 Å². The van der Waals surface area contributed by atoms with Gasteiger partial charge in [0.05, 0.1) is 6.16 Å². The number of carboxylic acid groups (broad SMARTS) is 1. The summed E-state index contributed by atoms with van der Waals surface area (Å²) in [4.78, 5) is 24.3. The van der Waals surface area contributed by atoms with Crippen LogP contribution < -0.4 is 0 Å². The first-order chi connectivity index (χ1) is 9.32. The molecule has 2 unspecified atom stereocenters. The molecule has 0 fully saturated rings. The average molecular weight is 306 g/mol. The van der Waals surface area contributed by atoms with Crippen LogP contribution in [0.1, 0.15) is 18.4 Å². The molecule has 3 N–H and O–H groups in total. The average Bonchev–Trinajstić information content (AvgIpc) is 2.36. The van der Waals surface area contributed by atoms with E-state index in [9.17, 15) is 18.6 Å². The number of aliphatic carboxylic acids is 1. The van der Waals surface area contributed by atoms with Gasteiger partial charge >= 0.3 is 5.97 Å². The van der Waals surface area contributed by atoms with E-state index in [1.165, 1.54) is 24.3 Å². The quantitative estimate of drug-likeness (QED) is 0.387. The molecule has 0 saturated heterocycles. The van der Waals surface area contributed by atoms with E-state index in [1.807, 2.05) is 0 Å². The van der Waals surface area contributed by atoms with Crippen molar-refractivity contribution in [3.63, 3.8) is 0 Å². The molecule has 1 aromatic rings. The largest absolute Gasteiger partial charge is 0.481 e. The van der Waals surface area contributed by atoms with E-state index in [0.29, 0.717) is 5.56 Å². The van der Waals surface area contributed by atoms with E-state index in [0.717, 1.165) is 0 Å². The Balaban J connectivity index is 2.60. The zero-order valence-electron chi connectivity index (χ0n) is 10.6.